The van der Waals surface area contributed by atoms with Gasteiger partial charge in [-0.15, -0.1) is 0 Å². The molecule has 1 aromatic heterocycles. The molecule has 1 aromatic rings. The van der Waals surface area contributed by atoms with Crippen LogP contribution in [0.4, 0.5) is 9.59 Å². The summed E-state index contributed by atoms with van der Waals surface area (Å²) >= 11 is 0. The molecule has 0 spiro atoms. The SMILES string of the molecule is CNC(=O)c1cc(COC(=O)NCC2CCN(C(=O)O)C2)on1. The van der Waals surface area contributed by atoms with Crippen LogP contribution in [0.5, 0.6) is 0 Å². The maximum Gasteiger partial charge on any atom is 0.407 e. The molecule has 3 N–H and O–H groups in total. The normalized spacial score (nSPS) is 16.9. The number of carbonyl (C=O) groups is 3. The molecule has 0 radical (unpaired) electrons. The molecule has 0 aliphatic carbocycles. The molecule has 1 aliphatic heterocycles. The molecule has 1 atom stereocenters. The molecule has 1 fully saturated rings. The van der Waals surface area contributed by atoms with Crippen LogP contribution < -0.4 is 10.6 Å². The number of nitrogens with zero attached hydrogens (tertiary/aromatic N) is 2. The van der Waals surface area contributed by atoms with Crippen molar-refractivity contribution in [3.05, 3.63) is 17.5 Å². The van der Waals surface area contributed by atoms with Gasteiger partial charge in [0, 0.05) is 32.7 Å². The quantitative estimate of drug-likeness (QED) is 0.706. The van der Waals surface area contributed by atoms with Crippen LogP contribution in [0, 0.1) is 5.92 Å². The summed E-state index contributed by atoms with van der Waals surface area (Å²) in [5, 5.41) is 17.4. The number of amides is 3. The summed E-state index contributed by atoms with van der Waals surface area (Å²) in [5.41, 5.74) is 0.103. The van der Waals surface area contributed by atoms with Crippen LogP contribution in [-0.2, 0) is 11.3 Å². The van der Waals surface area contributed by atoms with Gasteiger partial charge in [0.1, 0.15) is 0 Å². The van der Waals surface area contributed by atoms with Crippen LogP contribution in [0.3, 0.4) is 0 Å². The van der Waals surface area contributed by atoms with Gasteiger partial charge in [0.15, 0.2) is 18.1 Å². The molecular formula is C13H18N4O6. The molecule has 1 saturated heterocycles. The standard InChI is InChI=1S/C13H18N4O6/c1-14-11(18)10-4-9(23-16-10)7-22-12(19)15-5-8-2-3-17(6-8)13(20)21/h4,8H,2-3,5-7H2,1H3,(H,14,18)(H,15,19)(H,20,21). The van der Waals surface area contributed by atoms with E-state index in [1.165, 1.54) is 18.0 Å². The predicted octanol–water partition coefficient (Wildman–Crippen LogP) is 0.260. The summed E-state index contributed by atoms with van der Waals surface area (Å²) in [6.07, 6.45) is -0.895. The minimum absolute atomic E-state index is 0.0729. The summed E-state index contributed by atoms with van der Waals surface area (Å²) in [4.78, 5) is 35.0. The molecular weight excluding hydrogens is 308 g/mol. The molecule has 23 heavy (non-hydrogen) atoms. The predicted molar refractivity (Wildman–Crippen MR) is 75.8 cm³/mol. The lowest BCUT2D eigenvalue weighted by Crippen LogP contribution is -2.32. The van der Waals surface area contributed by atoms with Crippen molar-refractivity contribution in [2.75, 3.05) is 26.7 Å². The average Bonchev–Trinajstić information content (AvgIpc) is 3.19. The van der Waals surface area contributed by atoms with Gasteiger partial charge in [-0.25, -0.2) is 9.59 Å². The number of nitrogens with one attached hydrogen (secondary N) is 2. The van der Waals surface area contributed by atoms with E-state index in [0.717, 1.165) is 0 Å². The van der Waals surface area contributed by atoms with Gasteiger partial charge >= 0.3 is 12.2 Å². The van der Waals surface area contributed by atoms with Gasteiger partial charge in [0.25, 0.3) is 5.91 Å². The molecule has 126 valence electrons. The Balaban J connectivity index is 1.68. The lowest BCUT2D eigenvalue weighted by atomic mass is 10.1. The summed E-state index contributed by atoms with van der Waals surface area (Å²) < 4.78 is 9.81. The number of alkyl carbamates (subject to hydrolysis) is 1. The summed E-state index contributed by atoms with van der Waals surface area (Å²) in [6, 6.07) is 1.38. The number of hydrogen-bond acceptors (Lipinski definition) is 6. The maximum atomic E-state index is 11.6. The molecule has 1 unspecified atom stereocenters. The molecule has 10 nitrogen and oxygen atoms in total. The second-order valence-electron chi connectivity index (χ2n) is 5.10. The van der Waals surface area contributed by atoms with Crippen molar-refractivity contribution in [1.29, 1.82) is 0 Å². The van der Waals surface area contributed by atoms with Crippen LogP contribution in [0.1, 0.15) is 22.7 Å². The van der Waals surface area contributed by atoms with Crippen molar-refractivity contribution in [1.82, 2.24) is 20.7 Å². The smallest absolute Gasteiger partial charge is 0.407 e. The highest BCUT2D eigenvalue weighted by molar-refractivity contribution is 5.91. The van der Waals surface area contributed by atoms with Crippen molar-refractivity contribution in [2.24, 2.45) is 5.92 Å². The van der Waals surface area contributed by atoms with Gasteiger partial charge < -0.3 is 29.9 Å². The third-order valence-corrected chi connectivity index (χ3v) is 3.46. The number of rotatable bonds is 5. The lowest BCUT2D eigenvalue weighted by Gasteiger charge is -2.12. The van der Waals surface area contributed by atoms with Crippen LogP contribution in [0.15, 0.2) is 10.6 Å². The van der Waals surface area contributed by atoms with Gasteiger partial charge in [0.2, 0.25) is 0 Å². The fraction of sp³-hybridized carbons (Fsp3) is 0.538. The highest BCUT2D eigenvalue weighted by Gasteiger charge is 2.26. The first-order chi connectivity index (χ1) is 11.0. The van der Waals surface area contributed by atoms with E-state index in [0.29, 0.717) is 26.1 Å². The van der Waals surface area contributed by atoms with Crippen LogP contribution >= 0.6 is 0 Å². The molecule has 2 rings (SSSR count). The van der Waals surface area contributed by atoms with Crippen molar-refractivity contribution in [2.45, 2.75) is 13.0 Å². The van der Waals surface area contributed by atoms with E-state index >= 15 is 0 Å². The zero-order valence-electron chi connectivity index (χ0n) is 12.6. The fourth-order valence-corrected chi connectivity index (χ4v) is 2.20. The number of carboxylic acid groups (broad SMARTS) is 1. The molecule has 0 saturated carbocycles. The largest absolute Gasteiger partial charge is 0.465 e. The molecule has 10 heteroatoms. The van der Waals surface area contributed by atoms with Crippen LogP contribution in [0.25, 0.3) is 0 Å². The second kappa shape index (κ2) is 7.47. The van der Waals surface area contributed by atoms with E-state index in [4.69, 9.17) is 14.4 Å². The van der Waals surface area contributed by atoms with E-state index < -0.39 is 18.1 Å². The Labute approximate surface area is 131 Å². The Morgan fingerprint density at radius 3 is 2.96 bits per heavy atom. The van der Waals surface area contributed by atoms with E-state index in [9.17, 15) is 14.4 Å². The topological polar surface area (TPSA) is 134 Å². The van der Waals surface area contributed by atoms with E-state index in [-0.39, 0.29) is 24.0 Å². The van der Waals surface area contributed by atoms with Crippen LogP contribution in [-0.4, -0.2) is 59.9 Å². The monoisotopic (exact) mass is 326 g/mol. The fourth-order valence-electron chi connectivity index (χ4n) is 2.20. The van der Waals surface area contributed by atoms with Crippen molar-refractivity contribution < 1.29 is 28.8 Å². The van der Waals surface area contributed by atoms with Crippen molar-refractivity contribution in [3.63, 3.8) is 0 Å². The number of carbonyl (C=O) groups excluding carboxylic acids is 2. The van der Waals surface area contributed by atoms with Gasteiger partial charge in [0.05, 0.1) is 0 Å². The first-order valence-corrected chi connectivity index (χ1v) is 7.05. The summed E-state index contributed by atoms with van der Waals surface area (Å²) in [5.74, 6) is -0.0749. The van der Waals surface area contributed by atoms with Gasteiger partial charge in [-0.2, -0.15) is 0 Å². The van der Waals surface area contributed by atoms with Crippen molar-refractivity contribution >= 4 is 18.1 Å². The number of likely N-dealkylation sites (tertiary alicyclic amines) is 1. The average molecular weight is 326 g/mol. The highest BCUT2D eigenvalue weighted by atomic mass is 16.6. The Kier molecular flexibility index (Phi) is 5.39. The minimum Gasteiger partial charge on any atom is -0.465 e. The van der Waals surface area contributed by atoms with Gasteiger partial charge in [-0.3, -0.25) is 4.79 Å². The number of ether oxygens (including phenoxy) is 1. The number of aromatic nitrogens is 1. The molecule has 2 heterocycles. The maximum absolute atomic E-state index is 11.6. The zero-order valence-corrected chi connectivity index (χ0v) is 12.6. The Hall–Kier alpha value is -2.78. The first kappa shape index (κ1) is 16.6. The van der Waals surface area contributed by atoms with E-state index in [2.05, 4.69) is 15.8 Å². The zero-order chi connectivity index (χ0) is 16.8. The Morgan fingerprint density at radius 2 is 2.30 bits per heavy atom. The van der Waals surface area contributed by atoms with Crippen LogP contribution in [0.2, 0.25) is 0 Å². The third-order valence-electron chi connectivity index (χ3n) is 3.46. The Morgan fingerprint density at radius 1 is 1.52 bits per heavy atom. The molecule has 3 amide bonds. The number of hydrogen-bond donors (Lipinski definition) is 3. The van der Waals surface area contributed by atoms with Crippen molar-refractivity contribution in [3.8, 4) is 0 Å². The minimum atomic E-state index is -0.952. The molecule has 0 bridgehead atoms. The Bertz CT molecular complexity index is 587. The summed E-state index contributed by atoms with van der Waals surface area (Å²) in [7, 11) is 1.47. The second-order valence-corrected chi connectivity index (χ2v) is 5.10. The lowest BCUT2D eigenvalue weighted by molar-refractivity contribution is 0.0952. The van der Waals surface area contributed by atoms with E-state index in [1.54, 1.807) is 0 Å². The molecule has 1 aliphatic rings. The van der Waals surface area contributed by atoms with Gasteiger partial charge in [-0.1, -0.05) is 5.16 Å². The highest BCUT2D eigenvalue weighted by Crippen LogP contribution is 2.15. The van der Waals surface area contributed by atoms with Gasteiger partial charge in [-0.05, 0) is 12.3 Å². The first-order valence-electron chi connectivity index (χ1n) is 7.05. The van der Waals surface area contributed by atoms with E-state index in [1.807, 2.05) is 0 Å². The molecule has 0 aromatic carbocycles. The summed E-state index contributed by atoms with van der Waals surface area (Å²) in [6.45, 7) is 1.05. The third kappa shape index (κ3) is 4.59.